The van der Waals surface area contributed by atoms with Crippen molar-refractivity contribution < 1.29 is 22.3 Å². The van der Waals surface area contributed by atoms with E-state index in [9.17, 15) is 17.6 Å². The molecule has 1 heterocycles. The van der Waals surface area contributed by atoms with Gasteiger partial charge in [-0.05, 0) is 18.3 Å². The largest absolute Gasteiger partial charge is 0.411 e. The number of nitrogens with zero attached hydrogens (tertiary/aromatic N) is 1. The molecule has 1 N–H and O–H groups in total. The SMILES string of the molecule is Fc1cc2[nH]c(=S)n(CCOCC(F)(F)F)c2cc1Cl. The highest BCUT2D eigenvalue weighted by molar-refractivity contribution is 7.71. The molecular formula is C11H9ClF4N2OS. The Morgan fingerprint density at radius 3 is 2.70 bits per heavy atom. The lowest BCUT2D eigenvalue weighted by Gasteiger charge is -2.08. The van der Waals surface area contributed by atoms with E-state index in [1.54, 1.807) is 0 Å². The number of H-pyrrole nitrogens is 1. The van der Waals surface area contributed by atoms with Gasteiger partial charge in [-0.2, -0.15) is 13.2 Å². The van der Waals surface area contributed by atoms with Gasteiger partial charge in [0.2, 0.25) is 0 Å². The van der Waals surface area contributed by atoms with Crippen LogP contribution >= 0.6 is 23.8 Å². The molecule has 1 aromatic carbocycles. The summed E-state index contributed by atoms with van der Waals surface area (Å²) in [5.74, 6) is -0.601. The van der Waals surface area contributed by atoms with Gasteiger partial charge in [0, 0.05) is 12.6 Å². The first-order valence-corrected chi connectivity index (χ1v) is 6.28. The van der Waals surface area contributed by atoms with E-state index in [4.69, 9.17) is 23.8 Å². The molecule has 0 spiro atoms. The van der Waals surface area contributed by atoms with Gasteiger partial charge in [0.05, 0.1) is 22.7 Å². The number of rotatable bonds is 4. The van der Waals surface area contributed by atoms with Crippen molar-refractivity contribution in [2.24, 2.45) is 0 Å². The number of halogens is 5. The quantitative estimate of drug-likeness (QED) is 0.521. The molecule has 20 heavy (non-hydrogen) atoms. The first-order valence-electron chi connectivity index (χ1n) is 5.50. The van der Waals surface area contributed by atoms with Crippen LogP contribution in [-0.4, -0.2) is 28.9 Å². The molecule has 0 unspecified atom stereocenters. The van der Waals surface area contributed by atoms with Crippen molar-refractivity contribution in [1.82, 2.24) is 9.55 Å². The first kappa shape index (κ1) is 15.3. The third-order valence-electron chi connectivity index (χ3n) is 2.54. The number of alkyl halides is 3. The Morgan fingerprint density at radius 1 is 1.35 bits per heavy atom. The fourth-order valence-corrected chi connectivity index (χ4v) is 2.18. The van der Waals surface area contributed by atoms with Gasteiger partial charge in [-0.1, -0.05) is 11.6 Å². The van der Waals surface area contributed by atoms with Crippen LogP contribution in [0.15, 0.2) is 12.1 Å². The lowest BCUT2D eigenvalue weighted by molar-refractivity contribution is -0.174. The van der Waals surface area contributed by atoms with E-state index in [0.717, 1.165) is 0 Å². The van der Waals surface area contributed by atoms with Crippen LogP contribution in [0.25, 0.3) is 11.0 Å². The number of ether oxygens (including phenoxy) is 1. The summed E-state index contributed by atoms with van der Waals surface area (Å²) < 4.78 is 55.4. The zero-order chi connectivity index (χ0) is 14.9. The number of imidazole rings is 1. The number of fused-ring (bicyclic) bond motifs is 1. The molecule has 0 aliphatic carbocycles. The van der Waals surface area contributed by atoms with Gasteiger partial charge in [0.15, 0.2) is 4.77 Å². The number of aromatic amines is 1. The fraction of sp³-hybridized carbons (Fsp3) is 0.364. The zero-order valence-electron chi connectivity index (χ0n) is 9.93. The van der Waals surface area contributed by atoms with Gasteiger partial charge in [0.25, 0.3) is 0 Å². The summed E-state index contributed by atoms with van der Waals surface area (Å²) in [6, 6.07) is 2.54. The average molecular weight is 329 g/mol. The second-order valence-corrected chi connectivity index (χ2v) is 4.83. The predicted molar refractivity (Wildman–Crippen MR) is 69.0 cm³/mol. The Balaban J connectivity index is 2.16. The Labute approximate surface area is 121 Å². The van der Waals surface area contributed by atoms with E-state index in [2.05, 4.69) is 9.72 Å². The van der Waals surface area contributed by atoms with Crippen LogP contribution in [0, 0.1) is 10.6 Å². The molecule has 2 aromatic rings. The molecule has 0 radical (unpaired) electrons. The van der Waals surface area contributed by atoms with Crippen LogP contribution in [0.5, 0.6) is 0 Å². The van der Waals surface area contributed by atoms with Gasteiger partial charge < -0.3 is 14.3 Å². The third-order valence-corrected chi connectivity index (χ3v) is 3.15. The van der Waals surface area contributed by atoms with E-state index in [1.165, 1.54) is 16.7 Å². The van der Waals surface area contributed by atoms with Crippen LogP contribution in [-0.2, 0) is 11.3 Å². The van der Waals surface area contributed by atoms with Gasteiger partial charge in [-0.15, -0.1) is 0 Å². The van der Waals surface area contributed by atoms with E-state index < -0.39 is 18.6 Å². The molecule has 1 aromatic heterocycles. The highest BCUT2D eigenvalue weighted by Crippen LogP contribution is 2.23. The monoisotopic (exact) mass is 328 g/mol. The Morgan fingerprint density at radius 2 is 2.05 bits per heavy atom. The molecule has 0 bridgehead atoms. The molecule has 2 rings (SSSR count). The lowest BCUT2D eigenvalue weighted by atomic mass is 10.3. The van der Waals surface area contributed by atoms with Gasteiger partial charge in [-0.3, -0.25) is 0 Å². The summed E-state index contributed by atoms with van der Waals surface area (Å²) in [4.78, 5) is 2.75. The molecule has 0 aliphatic heterocycles. The number of hydrogen-bond acceptors (Lipinski definition) is 2. The average Bonchev–Trinajstić information content (AvgIpc) is 2.60. The van der Waals surface area contributed by atoms with Crippen molar-refractivity contribution in [1.29, 1.82) is 0 Å². The number of hydrogen-bond donors (Lipinski definition) is 1. The highest BCUT2D eigenvalue weighted by atomic mass is 35.5. The summed E-state index contributed by atoms with van der Waals surface area (Å²) in [6.07, 6.45) is -4.37. The maximum absolute atomic E-state index is 13.3. The van der Waals surface area contributed by atoms with Crippen molar-refractivity contribution in [2.45, 2.75) is 12.7 Å². The van der Waals surface area contributed by atoms with Crippen molar-refractivity contribution >= 4 is 34.9 Å². The fourth-order valence-electron chi connectivity index (χ4n) is 1.72. The molecule has 0 fully saturated rings. The maximum Gasteiger partial charge on any atom is 0.411 e. The van der Waals surface area contributed by atoms with Crippen LogP contribution in [0.1, 0.15) is 0 Å². The second kappa shape index (κ2) is 5.71. The molecule has 0 saturated carbocycles. The van der Waals surface area contributed by atoms with Gasteiger partial charge in [-0.25, -0.2) is 4.39 Å². The van der Waals surface area contributed by atoms with Gasteiger partial charge in [0.1, 0.15) is 12.4 Å². The number of benzene rings is 1. The minimum Gasteiger partial charge on any atom is -0.370 e. The topological polar surface area (TPSA) is 29.9 Å². The van der Waals surface area contributed by atoms with Gasteiger partial charge >= 0.3 is 6.18 Å². The summed E-state index contributed by atoms with van der Waals surface area (Å²) in [5.41, 5.74) is 0.935. The minimum atomic E-state index is -4.37. The normalized spacial score (nSPS) is 12.2. The smallest absolute Gasteiger partial charge is 0.370 e. The van der Waals surface area contributed by atoms with Crippen LogP contribution in [0.2, 0.25) is 5.02 Å². The number of aromatic nitrogens is 2. The van der Waals surface area contributed by atoms with E-state index in [1.807, 2.05) is 0 Å². The summed E-state index contributed by atoms with van der Waals surface area (Å²) in [6.45, 7) is -1.38. The molecule has 3 nitrogen and oxygen atoms in total. The Bertz CT molecular complexity index is 679. The summed E-state index contributed by atoms with van der Waals surface area (Å²) in [5, 5.41) is -0.0866. The number of nitrogens with one attached hydrogen (secondary N) is 1. The summed E-state index contributed by atoms with van der Waals surface area (Å²) in [7, 11) is 0. The van der Waals surface area contributed by atoms with E-state index >= 15 is 0 Å². The molecule has 9 heteroatoms. The minimum absolute atomic E-state index is 0.0866. The molecule has 0 saturated heterocycles. The highest BCUT2D eigenvalue weighted by Gasteiger charge is 2.27. The lowest BCUT2D eigenvalue weighted by Crippen LogP contribution is -2.19. The zero-order valence-corrected chi connectivity index (χ0v) is 11.5. The Kier molecular flexibility index (Phi) is 4.36. The van der Waals surface area contributed by atoms with Crippen LogP contribution in [0.3, 0.4) is 0 Å². The van der Waals surface area contributed by atoms with Crippen molar-refractivity contribution in [2.75, 3.05) is 13.2 Å². The molecule has 110 valence electrons. The van der Waals surface area contributed by atoms with E-state index in [-0.39, 0.29) is 22.9 Å². The van der Waals surface area contributed by atoms with Crippen molar-refractivity contribution in [3.63, 3.8) is 0 Å². The predicted octanol–water partition coefficient (Wildman–Crippen LogP) is 4.07. The van der Waals surface area contributed by atoms with Crippen LogP contribution < -0.4 is 0 Å². The molecule has 0 amide bonds. The van der Waals surface area contributed by atoms with E-state index in [0.29, 0.717) is 11.0 Å². The second-order valence-electron chi connectivity index (χ2n) is 4.03. The standard InChI is InChI=1S/C11H9ClF4N2OS/c12-6-3-9-8(4-7(6)13)17-10(20)18(9)1-2-19-5-11(14,15)16/h3-4H,1-2,5H2,(H,17,20). The molecule has 0 aliphatic rings. The maximum atomic E-state index is 13.3. The summed E-state index contributed by atoms with van der Waals surface area (Å²) >= 11 is 10.7. The molecular weight excluding hydrogens is 320 g/mol. The Hall–Kier alpha value is -1.12. The molecule has 0 atom stereocenters. The van der Waals surface area contributed by atoms with Crippen LogP contribution in [0.4, 0.5) is 17.6 Å². The first-order chi connectivity index (χ1) is 9.28. The third kappa shape index (κ3) is 3.50. The van der Waals surface area contributed by atoms with Crippen molar-refractivity contribution in [3.8, 4) is 0 Å². The van der Waals surface area contributed by atoms with Crippen molar-refractivity contribution in [3.05, 3.63) is 27.7 Å².